The van der Waals surface area contributed by atoms with Crippen LogP contribution < -0.4 is 20.2 Å². The number of rotatable bonds is 10. The van der Waals surface area contributed by atoms with Crippen LogP contribution in [0.2, 0.25) is 5.02 Å². The van der Waals surface area contributed by atoms with Gasteiger partial charge in [0, 0.05) is 39.0 Å². The number of para-hydroxylation sites is 2. The third-order valence-corrected chi connectivity index (χ3v) is 6.79. The van der Waals surface area contributed by atoms with Crippen LogP contribution in [0.1, 0.15) is 42.2 Å². The summed E-state index contributed by atoms with van der Waals surface area (Å²) in [6, 6.07) is 34.8. The average molecular weight is 644 g/mol. The van der Waals surface area contributed by atoms with Crippen molar-refractivity contribution in [3.05, 3.63) is 166 Å². The topological polar surface area (TPSA) is 123 Å². The molecular formula is C37H26ClN3O6. The van der Waals surface area contributed by atoms with Crippen molar-refractivity contribution in [3.63, 3.8) is 0 Å². The molecule has 0 aliphatic rings. The second-order valence-electron chi connectivity index (χ2n) is 9.82. The molecule has 0 saturated carbocycles. The van der Waals surface area contributed by atoms with E-state index in [-0.39, 0.29) is 17.4 Å². The summed E-state index contributed by atoms with van der Waals surface area (Å²) in [5.74, 6) is -1.50. The predicted molar refractivity (Wildman–Crippen MR) is 180 cm³/mol. The Morgan fingerprint density at radius 1 is 0.596 bits per heavy atom. The fourth-order valence-corrected chi connectivity index (χ4v) is 4.28. The number of hydrogen-bond acceptors (Lipinski definition) is 7. The molecule has 47 heavy (non-hydrogen) atoms. The Morgan fingerprint density at radius 3 is 1.87 bits per heavy atom. The first-order valence-corrected chi connectivity index (χ1v) is 14.6. The number of halogens is 1. The number of carbonyl (C=O) groups excluding carboxylic acids is 4. The Hall–Kier alpha value is -6.32. The molecule has 0 aliphatic carbocycles. The monoisotopic (exact) mass is 643 g/mol. The number of carbonyl (C=O) groups is 4. The Kier molecular flexibility index (Phi) is 10.7. The summed E-state index contributed by atoms with van der Waals surface area (Å²) in [6.45, 7) is 0. The van der Waals surface area contributed by atoms with E-state index in [1.807, 2.05) is 0 Å². The van der Waals surface area contributed by atoms with Crippen molar-refractivity contribution in [2.75, 3.05) is 5.32 Å². The van der Waals surface area contributed by atoms with E-state index in [0.717, 1.165) is 0 Å². The van der Waals surface area contributed by atoms with Crippen LogP contribution >= 0.6 is 11.6 Å². The van der Waals surface area contributed by atoms with Gasteiger partial charge in [-0.2, -0.15) is 5.10 Å². The summed E-state index contributed by atoms with van der Waals surface area (Å²) in [6.07, 6.45) is 4.05. The van der Waals surface area contributed by atoms with Crippen molar-refractivity contribution < 1.29 is 28.7 Å². The molecule has 0 radical (unpaired) electrons. The quantitative estimate of drug-likeness (QED) is 0.0546. The van der Waals surface area contributed by atoms with Crippen molar-refractivity contribution in [1.82, 2.24) is 5.43 Å². The third-order valence-electron chi connectivity index (χ3n) is 6.54. The van der Waals surface area contributed by atoms with Crippen LogP contribution in [0.5, 0.6) is 11.5 Å². The summed E-state index contributed by atoms with van der Waals surface area (Å²) in [7, 11) is 0. The van der Waals surface area contributed by atoms with Crippen molar-refractivity contribution in [1.29, 1.82) is 0 Å². The largest absolute Gasteiger partial charge is 0.423 e. The lowest BCUT2D eigenvalue weighted by atomic mass is 10.1. The van der Waals surface area contributed by atoms with Gasteiger partial charge in [-0.25, -0.2) is 15.0 Å². The number of esters is 2. The minimum absolute atomic E-state index is 0.213. The highest BCUT2D eigenvalue weighted by Crippen LogP contribution is 2.22. The van der Waals surface area contributed by atoms with Gasteiger partial charge in [-0.1, -0.05) is 60.1 Å². The summed E-state index contributed by atoms with van der Waals surface area (Å²) in [4.78, 5) is 50.2. The zero-order valence-corrected chi connectivity index (χ0v) is 25.4. The smallest absolute Gasteiger partial charge is 0.343 e. The van der Waals surface area contributed by atoms with E-state index < -0.39 is 17.8 Å². The summed E-state index contributed by atoms with van der Waals surface area (Å²) >= 11 is 5.87. The van der Waals surface area contributed by atoms with Crippen LogP contribution in [0.4, 0.5) is 5.69 Å². The van der Waals surface area contributed by atoms with E-state index in [2.05, 4.69) is 15.8 Å². The number of benzene rings is 5. The van der Waals surface area contributed by atoms with Crippen LogP contribution in [-0.4, -0.2) is 30.0 Å². The van der Waals surface area contributed by atoms with Crippen LogP contribution in [0.15, 0.2) is 139 Å². The normalized spacial score (nSPS) is 10.8. The van der Waals surface area contributed by atoms with Gasteiger partial charge in [0.1, 0.15) is 11.5 Å². The van der Waals surface area contributed by atoms with Crippen LogP contribution in [-0.2, 0) is 4.79 Å². The summed E-state index contributed by atoms with van der Waals surface area (Å²) in [5.41, 5.74) is 5.03. The maximum atomic E-state index is 12.7. The minimum Gasteiger partial charge on any atom is -0.423 e. The number of hydrazone groups is 1. The van der Waals surface area contributed by atoms with Gasteiger partial charge in [-0.3, -0.25) is 9.59 Å². The van der Waals surface area contributed by atoms with Crippen molar-refractivity contribution in [3.8, 4) is 11.5 Å². The lowest BCUT2D eigenvalue weighted by Gasteiger charge is -2.08. The minimum atomic E-state index is -0.678. The van der Waals surface area contributed by atoms with E-state index >= 15 is 0 Å². The molecule has 0 saturated heterocycles. The molecule has 2 N–H and O–H groups in total. The van der Waals surface area contributed by atoms with E-state index in [0.29, 0.717) is 38.5 Å². The molecular weight excluding hydrogens is 618 g/mol. The standard InChI is InChI=1S/C37H26ClN3O6/c38-30-19-14-26(15-20-30)35(43)40-31-21-16-27(17-22-31)36(44)41-39-24-29-11-5-7-13-33(29)46-34(42)23-18-25-8-4-6-12-32(25)47-37(45)28-9-2-1-3-10-28/h1-24H,(H,40,43)(H,41,44)/b23-18+,39-24+. The van der Waals surface area contributed by atoms with Crippen molar-refractivity contribution in [2.45, 2.75) is 0 Å². The lowest BCUT2D eigenvalue weighted by molar-refractivity contribution is -0.128. The Labute approximate surface area is 275 Å². The van der Waals surface area contributed by atoms with Gasteiger partial charge in [-0.15, -0.1) is 0 Å². The van der Waals surface area contributed by atoms with Crippen LogP contribution in [0.25, 0.3) is 6.08 Å². The predicted octanol–water partition coefficient (Wildman–Crippen LogP) is 7.19. The highest BCUT2D eigenvalue weighted by Gasteiger charge is 2.12. The lowest BCUT2D eigenvalue weighted by Crippen LogP contribution is -2.18. The molecule has 0 atom stereocenters. The molecule has 2 amide bonds. The molecule has 0 bridgehead atoms. The SMILES string of the molecule is O=C(/C=C/c1ccccc1OC(=O)c1ccccc1)Oc1ccccc1/C=N/NC(=O)c1ccc(NC(=O)c2ccc(Cl)cc2)cc1. The van der Waals surface area contributed by atoms with E-state index in [1.165, 1.54) is 18.4 Å². The molecule has 5 aromatic rings. The second-order valence-corrected chi connectivity index (χ2v) is 10.3. The Bertz CT molecular complexity index is 1960. The third kappa shape index (κ3) is 9.10. The molecule has 0 aliphatic heterocycles. The fourth-order valence-electron chi connectivity index (χ4n) is 4.16. The van der Waals surface area contributed by atoms with Gasteiger partial charge < -0.3 is 14.8 Å². The van der Waals surface area contributed by atoms with Gasteiger partial charge in [0.2, 0.25) is 0 Å². The van der Waals surface area contributed by atoms with Crippen LogP contribution in [0.3, 0.4) is 0 Å². The number of amides is 2. The molecule has 5 rings (SSSR count). The number of nitrogens with zero attached hydrogens (tertiary/aromatic N) is 1. The Morgan fingerprint density at radius 2 is 1.17 bits per heavy atom. The molecule has 9 nitrogen and oxygen atoms in total. The number of hydrogen-bond donors (Lipinski definition) is 2. The molecule has 232 valence electrons. The highest BCUT2D eigenvalue weighted by molar-refractivity contribution is 6.30. The molecule has 0 aromatic heterocycles. The van der Waals surface area contributed by atoms with E-state index in [9.17, 15) is 19.2 Å². The van der Waals surface area contributed by atoms with Gasteiger partial charge in [0.25, 0.3) is 11.8 Å². The zero-order chi connectivity index (χ0) is 33.0. The van der Waals surface area contributed by atoms with E-state index in [4.69, 9.17) is 21.1 Å². The van der Waals surface area contributed by atoms with Gasteiger partial charge in [0.05, 0.1) is 11.8 Å². The summed E-state index contributed by atoms with van der Waals surface area (Å²) in [5, 5.41) is 7.28. The number of anilines is 1. The average Bonchev–Trinajstić information content (AvgIpc) is 3.09. The second kappa shape index (κ2) is 15.6. The molecule has 0 heterocycles. The zero-order valence-electron chi connectivity index (χ0n) is 24.6. The van der Waals surface area contributed by atoms with Crippen molar-refractivity contribution >= 4 is 53.3 Å². The fraction of sp³-hybridized carbons (Fsp3) is 0. The summed E-state index contributed by atoms with van der Waals surface area (Å²) < 4.78 is 11.0. The number of nitrogens with one attached hydrogen (secondary N) is 2. The maximum absolute atomic E-state index is 12.7. The molecule has 10 heteroatoms. The highest BCUT2D eigenvalue weighted by atomic mass is 35.5. The van der Waals surface area contributed by atoms with Crippen LogP contribution in [0, 0.1) is 0 Å². The van der Waals surface area contributed by atoms with Gasteiger partial charge >= 0.3 is 11.9 Å². The molecule has 0 fully saturated rings. The molecule has 0 unspecified atom stereocenters. The number of ether oxygens (including phenoxy) is 2. The molecule has 0 spiro atoms. The van der Waals surface area contributed by atoms with Gasteiger partial charge in [-0.05, 0) is 84.9 Å². The first-order chi connectivity index (χ1) is 22.9. The van der Waals surface area contributed by atoms with Gasteiger partial charge in [0.15, 0.2) is 0 Å². The first kappa shape index (κ1) is 32.1. The van der Waals surface area contributed by atoms with E-state index in [1.54, 1.807) is 127 Å². The van der Waals surface area contributed by atoms with Crippen molar-refractivity contribution in [2.24, 2.45) is 5.10 Å². The molecule has 5 aromatic carbocycles. The Balaban J connectivity index is 1.16. The maximum Gasteiger partial charge on any atom is 0.343 e. The first-order valence-electron chi connectivity index (χ1n) is 14.2.